The lowest BCUT2D eigenvalue weighted by Crippen LogP contribution is -2.43. The van der Waals surface area contributed by atoms with Crippen molar-refractivity contribution in [1.29, 1.82) is 0 Å². The molecule has 0 amide bonds. The lowest BCUT2D eigenvalue weighted by atomic mass is 9.76. The Morgan fingerprint density at radius 1 is 1.38 bits per heavy atom. The van der Waals surface area contributed by atoms with E-state index in [1.54, 1.807) is 0 Å². The maximum absolute atomic E-state index is 5.93. The van der Waals surface area contributed by atoms with Crippen LogP contribution in [0.1, 0.15) is 31.0 Å². The minimum absolute atomic E-state index is 0.130. The molecule has 1 atom stereocenters. The smallest absolute Gasteiger partial charge is 0.0410 e. The van der Waals surface area contributed by atoms with Gasteiger partial charge in [0.15, 0.2) is 0 Å². The van der Waals surface area contributed by atoms with E-state index in [0.29, 0.717) is 6.04 Å². The number of hydrogen-bond donors (Lipinski definition) is 1. The van der Waals surface area contributed by atoms with Crippen molar-refractivity contribution in [2.24, 2.45) is 11.1 Å². The standard InChI is InChI=1S/C14H22N2/c1-14(2,10-15)13-12-7-5-4-6-11(12)8-9-16(13)3/h4-7,13H,8-10,15H2,1-3H3. The largest absolute Gasteiger partial charge is 0.330 e. The van der Waals surface area contributed by atoms with E-state index in [-0.39, 0.29) is 5.41 Å². The molecule has 0 spiro atoms. The molecule has 1 aliphatic rings. The topological polar surface area (TPSA) is 29.3 Å². The van der Waals surface area contributed by atoms with Crippen LogP contribution in [0.3, 0.4) is 0 Å². The van der Waals surface area contributed by atoms with Crippen molar-refractivity contribution in [2.75, 3.05) is 20.1 Å². The fourth-order valence-electron chi connectivity index (χ4n) is 2.82. The van der Waals surface area contributed by atoms with Crippen LogP contribution in [0, 0.1) is 5.41 Å². The van der Waals surface area contributed by atoms with Gasteiger partial charge in [-0.2, -0.15) is 0 Å². The van der Waals surface area contributed by atoms with Crippen LogP contribution in [0.15, 0.2) is 24.3 Å². The van der Waals surface area contributed by atoms with Crippen LogP contribution >= 0.6 is 0 Å². The summed E-state index contributed by atoms with van der Waals surface area (Å²) >= 11 is 0. The summed E-state index contributed by atoms with van der Waals surface area (Å²) in [4.78, 5) is 2.44. The molecule has 0 aliphatic carbocycles. The second-order valence-corrected chi connectivity index (χ2v) is 5.52. The fourth-order valence-corrected chi connectivity index (χ4v) is 2.82. The van der Waals surface area contributed by atoms with Gasteiger partial charge in [-0.05, 0) is 36.6 Å². The van der Waals surface area contributed by atoms with Crippen molar-refractivity contribution in [1.82, 2.24) is 4.90 Å². The Hall–Kier alpha value is -0.860. The zero-order valence-corrected chi connectivity index (χ0v) is 10.5. The van der Waals surface area contributed by atoms with Gasteiger partial charge in [-0.15, -0.1) is 0 Å². The third kappa shape index (κ3) is 1.87. The molecule has 2 heteroatoms. The summed E-state index contributed by atoms with van der Waals surface area (Å²) in [6.07, 6.45) is 1.16. The summed E-state index contributed by atoms with van der Waals surface area (Å²) in [5, 5.41) is 0. The first kappa shape index (κ1) is 11.6. The SMILES string of the molecule is CN1CCc2ccccc2C1C(C)(C)CN. The third-order valence-electron chi connectivity index (χ3n) is 3.79. The molecule has 0 aromatic heterocycles. The molecular weight excluding hydrogens is 196 g/mol. The van der Waals surface area contributed by atoms with Crippen LogP contribution < -0.4 is 5.73 Å². The Bertz CT molecular complexity index is 371. The van der Waals surface area contributed by atoms with Gasteiger partial charge in [0.05, 0.1) is 0 Å². The molecule has 1 unspecified atom stereocenters. The predicted molar refractivity (Wildman–Crippen MR) is 68.4 cm³/mol. The Morgan fingerprint density at radius 3 is 2.75 bits per heavy atom. The molecule has 16 heavy (non-hydrogen) atoms. The summed E-state index contributed by atoms with van der Waals surface area (Å²) in [5.41, 5.74) is 9.02. The van der Waals surface area contributed by atoms with Crippen molar-refractivity contribution in [2.45, 2.75) is 26.3 Å². The van der Waals surface area contributed by atoms with Gasteiger partial charge in [0.2, 0.25) is 0 Å². The van der Waals surface area contributed by atoms with Gasteiger partial charge in [-0.25, -0.2) is 0 Å². The number of fused-ring (bicyclic) bond motifs is 1. The van der Waals surface area contributed by atoms with E-state index in [1.807, 2.05) is 0 Å². The van der Waals surface area contributed by atoms with Gasteiger partial charge in [-0.3, -0.25) is 4.90 Å². The molecule has 0 saturated heterocycles. The molecule has 0 saturated carbocycles. The van der Waals surface area contributed by atoms with E-state index in [0.717, 1.165) is 19.5 Å². The average molecular weight is 218 g/mol. The zero-order valence-electron chi connectivity index (χ0n) is 10.5. The maximum Gasteiger partial charge on any atom is 0.0410 e. The summed E-state index contributed by atoms with van der Waals surface area (Å²) in [6.45, 7) is 6.37. The molecule has 2 nitrogen and oxygen atoms in total. The van der Waals surface area contributed by atoms with E-state index >= 15 is 0 Å². The molecule has 0 radical (unpaired) electrons. The predicted octanol–water partition coefficient (Wildman–Crippen LogP) is 2.20. The van der Waals surface area contributed by atoms with Crippen molar-refractivity contribution < 1.29 is 0 Å². The van der Waals surface area contributed by atoms with Crippen molar-refractivity contribution in [3.05, 3.63) is 35.4 Å². The van der Waals surface area contributed by atoms with Gasteiger partial charge in [0, 0.05) is 12.6 Å². The number of likely N-dealkylation sites (N-methyl/N-ethyl adjacent to an activating group) is 1. The maximum atomic E-state index is 5.93. The lowest BCUT2D eigenvalue weighted by molar-refractivity contribution is 0.108. The third-order valence-corrected chi connectivity index (χ3v) is 3.79. The van der Waals surface area contributed by atoms with E-state index < -0.39 is 0 Å². The van der Waals surface area contributed by atoms with Crippen LogP contribution in [-0.2, 0) is 6.42 Å². The van der Waals surface area contributed by atoms with Gasteiger partial charge >= 0.3 is 0 Å². The van der Waals surface area contributed by atoms with Crippen LogP contribution in [0.25, 0.3) is 0 Å². The Balaban J connectivity index is 2.44. The van der Waals surface area contributed by atoms with Gasteiger partial charge < -0.3 is 5.73 Å². The first-order valence-corrected chi connectivity index (χ1v) is 6.04. The molecule has 2 rings (SSSR count). The molecule has 0 bridgehead atoms. The lowest BCUT2D eigenvalue weighted by Gasteiger charge is -2.44. The summed E-state index contributed by atoms with van der Waals surface area (Å²) < 4.78 is 0. The number of nitrogens with zero attached hydrogens (tertiary/aromatic N) is 1. The number of hydrogen-bond acceptors (Lipinski definition) is 2. The number of rotatable bonds is 2. The molecule has 1 aliphatic heterocycles. The highest BCUT2D eigenvalue weighted by atomic mass is 15.1. The first-order chi connectivity index (χ1) is 7.56. The van der Waals surface area contributed by atoms with Crippen LogP contribution in [0.4, 0.5) is 0 Å². The quantitative estimate of drug-likeness (QED) is 0.824. The molecule has 1 aromatic rings. The Labute approximate surface area is 98.4 Å². The summed E-state index contributed by atoms with van der Waals surface area (Å²) in [5.74, 6) is 0. The zero-order chi connectivity index (χ0) is 11.8. The molecule has 2 N–H and O–H groups in total. The highest BCUT2D eigenvalue weighted by Crippen LogP contribution is 2.40. The van der Waals surface area contributed by atoms with Crippen molar-refractivity contribution >= 4 is 0 Å². The van der Waals surface area contributed by atoms with Gasteiger partial charge in [-0.1, -0.05) is 38.1 Å². The van der Waals surface area contributed by atoms with Crippen LogP contribution in [0.2, 0.25) is 0 Å². The highest BCUT2D eigenvalue weighted by molar-refractivity contribution is 5.33. The Morgan fingerprint density at radius 2 is 2.06 bits per heavy atom. The Kier molecular flexibility index (Phi) is 3.04. The normalized spacial score (nSPS) is 21.9. The molecule has 1 aromatic carbocycles. The van der Waals surface area contributed by atoms with Gasteiger partial charge in [0.1, 0.15) is 0 Å². The number of nitrogens with two attached hydrogens (primary N) is 1. The average Bonchev–Trinajstić information content (AvgIpc) is 2.28. The minimum atomic E-state index is 0.130. The first-order valence-electron chi connectivity index (χ1n) is 6.04. The molecule has 1 heterocycles. The van der Waals surface area contributed by atoms with Crippen LogP contribution in [-0.4, -0.2) is 25.0 Å². The van der Waals surface area contributed by atoms with E-state index in [9.17, 15) is 0 Å². The minimum Gasteiger partial charge on any atom is -0.330 e. The van der Waals surface area contributed by atoms with Crippen molar-refractivity contribution in [3.8, 4) is 0 Å². The van der Waals surface area contributed by atoms with Crippen LogP contribution in [0.5, 0.6) is 0 Å². The van der Waals surface area contributed by atoms with E-state index in [4.69, 9.17) is 5.73 Å². The van der Waals surface area contributed by atoms with E-state index in [1.165, 1.54) is 11.1 Å². The molecular formula is C14H22N2. The number of benzene rings is 1. The molecule has 0 fully saturated rings. The van der Waals surface area contributed by atoms with E-state index in [2.05, 4.69) is 50.1 Å². The second kappa shape index (κ2) is 4.19. The summed E-state index contributed by atoms with van der Waals surface area (Å²) in [6, 6.07) is 9.23. The monoisotopic (exact) mass is 218 g/mol. The second-order valence-electron chi connectivity index (χ2n) is 5.52. The van der Waals surface area contributed by atoms with Gasteiger partial charge in [0.25, 0.3) is 0 Å². The summed E-state index contributed by atoms with van der Waals surface area (Å²) in [7, 11) is 2.21. The molecule has 88 valence electrons. The van der Waals surface area contributed by atoms with Crippen molar-refractivity contribution in [3.63, 3.8) is 0 Å². The fraction of sp³-hybridized carbons (Fsp3) is 0.571. The highest BCUT2D eigenvalue weighted by Gasteiger charge is 2.35.